The van der Waals surface area contributed by atoms with Crippen LogP contribution < -0.4 is 0 Å². The molecule has 0 heterocycles. The molecule has 15 heavy (non-hydrogen) atoms. The normalized spacial score (nSPS) is 9.73. The Labute approximate surface area is 86.7 Å². The summed E-state index contributed by atoms with van der Waals surface area (Å²) in [6.45, 7) is 0. The van der Waals surface area contributed by atoms with E-state index in [2.05, 4.69) is 0 Å². The maximum atomic E-state index is 12.9. The lowest BCUT2D eigenvalue weighted by molar-refractivity contribution is 0.376. The molecule has 0 unspecified atom stereocenters. The van der Waals surface area contributed by atoms with Crippen LogP contribution in [0, 0.1) is 40.9 Å². The molecule has 0 nitrogen and oxygen atoms in total. The second-order valence-corrected chi connectivity index (χ2v) is 2.65. The number of hydrogen-bond donors (Lipinski definition) is 0. The summed E-state index contributed by atoms with van der Waals surface area (Å²) in [5.41, 5.74) is -1.17. The smallest absolute Gasteiger partial charge is 0.200 e. The average molecular weight is 241 g/mol. The summed E-state index contributed by atoms with van der Waals surface area (Å²) in [4.78, 5) is 0. The maximum absolute atomic E-state index is 12.9. The molecule has 0 bridgehead atoms. The lowest BCUT2D eigenvalue weighted by Crippen LogP contribution is -2.04. The van der Waals surface area contributed by atoms with Crippen LogP contribution in [0.4, 0.5) is 22.0 Å². The molecule has 80 valence electrons. The lowest BCUT2D eigenvalue weighted by atomic mass is 10.1. The fourth-order valence-electron chi connectivity index (χ4n) is 0.836. The van der Waals surface area contributed by atoms with Gasteiger partial charge < -0.3 is 0 Å². The van der Waals surface area contributed by atoms with Gasteiger partial charge in [0.1, 0.15) is 5.56 Å². The number of hydrogen-bond acceptors (Lipinski definition) is 0. The van der Waals surface area contributed by atoms with Gasteiger partial charge in [0.15, 0.2) is 23.3 Å². The lowest BCUT2D eigenvalue weighted by Gasteiger charge is -2.01. The SMILES string of the molecule is Fc1c(F)c(F)c(C#CCCl)c(F)c1F. The van der Waals surface area contributed by atoms with Gasteiger partial charge in [-0.15, -0.1) is 11.6 Å². The highest BCUT2D eigenvalue weighted by atomic mass is 35.5. The van der Waals surface area contributed by atoms with Crippen molar-refractivity contribution >= 4 is 11.6 Å². The fraction of sp³-hybridized carbons (Fsp3) is 0.111. The minimum Gasteiger partial charge on any atom is -0.202 e. The van der Waals surface area contributed by atoms with Crippen molar-refractivity contribution in [3.05, 3.63) is 34.6 Å². The molecule has 0 N–H and O–H groups in total. The molecular weight excluding hydrogens is 239 g/mol. The summed E-state index contributed by atoms with van der Waals surface area (Å²) in [5, 5.41) is 0. The first kappa shape index (κ1) is 11.8. The van der Waals surface area contributed by atoms with Gasteiger partial charge in [-0.25, -0.2) is 22.0 Å². The summed E-state index contributed by atoms with van der Waals surface area (Å²) < 4.78 is 63.4. The summed E-state index contributed by atoms with van der Waals surface area (Å²) in [5.74, 6) is -6.67. The van der Waals surface area contributed by atoms with Crippen LogP contribution in [0.25, 0.3) is 0 Å². The third kappa shape index (κ3) is 2.05. The summed E-state index contributed by atoms with van der Waals surface area (Å²) >= 11 is 5.09. The summed E-state index contributed by atoms with van der Waals surface area (Å²) in [7, 11) is 0. The molecule has 1 rings (SSSR count). The van der Waals surface area contributed by atoms with Gasteiger partial charge in [0, 0.05) is 0 Å². The number of benzene rings is 1. The molecule has 1 aromatic carbocycles. The third-order valence-corrected chi connectivity index (χ3v) is 1.62. The van der Waals surface area contributed by atoms with Crippen molar-refractivity contribution in [1.82, 2.24) is 0 Å². The van der Waals surface area contributed by atoms with Gasteiger partial charge in [0.2, 0.25) is 5.82 Å². The second kappa shape index (κ2) is 4.49. The van der Waals surface area contributed by atoms with Crippen LogP contribution in [0.3, 0.4) is 0 Å². The molecule has 0 aliphatic carbocycles. The molecule has 1 aromatic rings. The van der Waals surface area contributed by atoms with Gasteiger partial charge in [-0.1, -0.05) is 11.8 Å². The van der Waals surface area contributed by atoms with Gasteiger partial charge in [-0.2, -0.15) is 0 Å². The molecule has 0 saturated carbocycles. The molecule has 0 aliphatic heterocycles. The van der Waals surface area contributed by atoms with E-state index in [1.165, 1.54) is 0 Å². The van der Waals surface area contributed by atoms with E-state index < -0.39 is 34.6 Å². The van der Waals surface area contributed by atoms with E-state index in [1.807, 2.05) is 5.92 Å². The van der Waals surface area contributed by atoms with Crippen molar-refractivity contribution in [2.24, 2.45) is 0 Å². The monoisotopic (exact) mass is 240 g/mol. The highest BCUT2D eigenvalue weighted by molar-refractivity contribution is 6.19. The molecule has 6 heteroatoms. The number of halogens is 6. The Morgan fingerprint density at radius 3 is 1.60 bits per heavy atom. The molecule has 0 atom stereocenters. The van der Waals surface area contributed by atoms with E-state index in [0.717, 1.165) is 0 Å². The summed E-state index contributed by atoms with van der Waals surface area (Å²) in [6, 6.07) is 0. The molecule has 0 radical (unpaired) electrons. The van der Waals surface area contributed by atoms with Crippen molar-refractivity contribution in [3.63, 3.8) is 0 Å². The van der Waals surface area contributed by atoms with Crippen LogP contribution in [-0.2, 0) is 0 Å². The third-order valence-electron chi connectivity index (χ3n) is 1.49. The standard InChI is InChI=1S/C9H2ClF5/c10-3-1-2-4-5(11)7(13)9(15)8(14)6(4)12/h3H2. The van der Waals surface area contributed by atoms with E-state index >= 15 is 0 Å². The van der Waals surface area contributed by atoms with E-state index in [0.29, 0.717) is 0 Å². The second-order valence-electron chi connectivity index (χ2n) is 2.38. The van der Waals surface area contributed by atoms with Crippen LogP contribution in [0.5, 0.6) is 0 Å². The van der Waals surface area contributed by atoms with Crippen LogP contribution in [0.15, 0.2) is 0 Å². The zero-order valence-electron chi connectivity index (χ0n) is 6.97. The van der Waals surface area contributed by atoms with Gasteiger partial charge >= 0.3 is 0 Å². The Hall–Kier alpha value is -1.28. The minimum absolute atomic E-state index is 0.278. The molecule has 0 aromatic heterocycles. The first-order chi connectivity index (χ1) is 7.00. The van der Waals surface area contributed by atoms with Crippen molar-refractivity contribution in [2.45, 2.75) is 0 Å². The van der Waals surface area contributed by atoms with Crippen LogP contribution in [0.1, 0.15) is 5.56 Å². The predicted molar refractivity (Wildman–Crippen MR) is 43.8 cm³/mol. The molecule has 0 spiro atoms. The van der Waals surface area contributed by atoms with E-state index in [-0.39, 0.29) is 5.88 Å². The molecule has 0 aliphatic rings. The van der Waals surface area contributed by atoms with Gasteiger partial charge in [0.05, 0.1) is 5.88 Å². The molecule has 0 fully saturated rings. The van der Waals surface area contributed by atoms with Crippen molar-refractivity contribution < 1.29 is 22.0 Å². The van der Waals surface area contributed by atoms with Gasteiger partial charge in [0.25, 0.3) is 0 Å². The van der Waals surface area contributed by atoms with Gasteiger partial charge in [-0.3, -0.25) is 0 Å². The van der Waals surface area contributed by atoms with Crippen LogP contribution in [-0.4, -0.2) is 5.88 Å². The topological polar surface area (TPSA) is 0 Å². The van der Waals surface area contributed by atoms with Crippen molar-refractivity contribution in [1.29, 1.82) is 0 Å². The van der Waals surface area contributed by atoms with Crippen molar-refractivity contribution in [2.75, 3.05) is 5.88 Å². The van der Waals surface area contributed by atoms with Gasteiger partial charge in [-0.05, 0) is 0 Å². The molecule has 0 amide bonds. The molecular formula is C9H2ClF5. The Bertz CT molecular complexity index is 429. The van der Waals surface area contributed by atoms with E-state index in [9.17, 15) is 22.0 Å². The zero-order chi connectivity index (χ0) is 11.6. The Kier molecular flexibility index (Phi) is 3.53. The first-order valence-electron chi connectivity index (χ1n) is 3.57. The predicted octanol–water partition coefficient (Wildman–Crippen LogP) is 2.97. The number of rotatable bonds is 0. The van der Waals surface area contributed by atoms with Crippen molar-refractivity contribution in [3.8, 4) is 11.8 Å². The Balaban J connectivity index is 3.52. The largest absolute Gasteiger partial charge is 0.202 e. The average Bonchev–Trinajstić information content (AvgIpc) is 2.24. The number of alkyl halides is 1. The highest BCUT2D eigenvalue weighted by Gasteiger charge is 2.24. The first-order valence-corrected chi connectivity index (χ1v) is 4.10. The van der Waals surface area contributed by atoms with E-state index in [1.54, 1.807) is 5.92 Å². The summed E-state index contributed by atoms with van der Waals surface area (Å²) in [6.07, 6.45) is 0. The fourth-order valence-corrected chi connectivity index (χ4v) is 0.903. The minimum atomic E-state index is -2.21. The quantitative estimate of drug-likeness (QED) is 0.215. The highest BCUT2D eigenvalue weighted by Crippen LogP contribution is 2.21. The van der Waals surface area contributed by atoms with Crippen LogP contribution >= 0.6 is 11.6 Å². The van der Waals surface area contributed by atoms with E-state index in [4.69, 9.17) is 11.6 Å². The molecule has 0 saturated heterocycles. The Morgan fingerprint density at radius 2 is 1.20 bits per heavy atom. The van der Waals surface area contributed by atoms with Crippen LogP contribution in [0.2, 0.25) is 0 Å². The maximum Gasteiger partial charge on any atom is 0.200 e. The Morgan fingerprint density at radius 1 is 0.800 bits per heavy atom. The zero-order valence-corrected chi connectivity index (χ0v) is 7.73.